The predicted molar refractivity (Wildman–Crippen MR) is 112 cm³/mol. The minimum atomic E-state index is -0.0900. The molecule has 0 N–H and O–H groups in total. The molecular formula is C24H23N3O2. The van der Waals surface area contributed by atoms with Gasteiger partial charge >= 0.3 is 0 Å². The first kappa shape index (κ1) is 18.9. The minimum absolute atomic E-state index is 0.0798. The van der Waals surface area contributed by atoms with Crippen molar-refractivity contribution in [1.82, 2.24) is 14.5 Å². The molecule has 1 aliphatic carbocycles. The van der Waals surface area contributed by atoms with Crippen molar-refractivity contribution < 1.29 is 4.74 Å². The molecule has 1 saturated carbocycles. The molecule has 0 aliphatic heterocycles. The zero-order valence-electron chi connectivity index (χ0n) is 16.6. The van der Waals surface area contributed by atoms with Crippen LogP contribution >= 0.6 is 0 Å². The molecule has 1 aromatic carbocycles. The van der Waals surface area contributed by atoms with Crippen molar-refractivity contribution in [3.8, 4) is 17.6 Å². The molecule has 0 radical (unpaired) electrons. The van der Waals surface area contributed by atoms with Crippen molar-refractivity contribution in [3.63, 3.8) is 0 Å². The third kappa shape index (κ3) is 4.72. The largest absolute Gasteiger partial charge is 0.487 e. The van der Waals surface area contributed by atoms with Gasteiger partial charge in [0.15, 0.2) is 0 Å². The van der Waals surface area contributed by atoms with E-state index in [-0.39, 0.29) is 11.6 Å². The lowest BCUT2D eigenvalue weighted by Gasteiger charge is -2.19. The van der Waals surface area contributed by atoms with Crippen molar-refractivity contribution in [2.75, 3.05) is 0 Å². The maximum Gasteiger partial charge on any atom is 0.254 e. The standard InChI is InChI=1S/C24H23N3O2/c1-17-13-23(29-15-22-11-12-25-16-26-22)14-24(28)27(17)18(2)21-9-7-20(8-10-21)6-5-19-3-4-19/h7-14,16,18-19H,3-4,15H2,1-2H3/t18-/m1/s1. The van der Waals surface area contributed by atoms with Crippen LogP contribution in [-0.2, 0) is 6.61 Å². The van der Waals surface area contributed by atoms with Crippen molar-refractivity contribution in [2.45, 2.75) is 39.3 Å². The van der Waals surface area contributed by atoms with Crippen molar-refractivity contribution in [1.29, 1.82) is 0 Å². The average Bonchev–Trinajstić information content (AvgIpc) is 3.56. The van der Waals surface area contributed by atoms with Gasteiger partial charge in [0.05, 0.1) is 11.7 Å². The van der Waals surface area contributed by atoms with Crippen LogP contribution in [0.2, 0.25) is 0 Å². The number of benzene rings is 1. The van der Waals surface area contributed by atoms with Crippen LogP contribution in [0.1, 0.15) is 48.3 Å². The number of aryl methyl sites for hydroxylation is 1. The average molecular weight is 385 g/mol. The van der Waals surface area contributed by atoms with Gasteiger partial charge in [-0.15, -0.1) is 0 Å². The fraction of sp³-hybridized carbons (Fsp3) is 0.292. The molecule has 29 heavy (non-hydrogen) atoms. The third-order valence-corrected chi connectivity index (χ3v) is 5.04. The lowest BCUT2D eigenvalue weighted by molar-refractivity contribution is 0.299. The van der Waals surface area contributed by atoms with E-state index < -0.39 is 0 Å². The van der Waals surface area contributed by atoms with Gasteiger partial charge in [0, 0.05) is 29.4 Å². The molecule has 4 rings (SSSR count). The number of hydrogen-bond acceptors (Lipinski definition) is 4. The second-order valence-electron chi connectivity index (χ2n) is 7.37. The van der Waals surface area contributed by atoms with Gasteiger partial charge < -0.3 is 9.30 Å². The zero-order chi connectivity index (χ0) is 20.2. The molecule has 0 spiro atoms. The summed E-state index contributed by atoms with van der Waals surface area (Å²) in [7, 11) is 0. The summed E-state index contributed by atoms with van der Waals surface area (Å²) in [5, 5.41) is 0. The van der Waals surface area contributed by atoms with Gasteiger partial charge in [-0.1, -0.05) is 24.0 Å². The number of pyridine rings is 1. The highest BCUT2D eigenvalue weighted by Crippen LogP contribution is 2.27. The number of rotatable bonds is 5. The van der Waals surface area contributed by atoms with Crippen LogP contribution in [0.3, 0.4) is 0 Å². The van der Waals surface area contributed by atoms with E-state index in [1.807, 2.05) is 44.2 Å². The second kappa shape index (κ2) is 8.32. The Kier molecular flexibility index (Phi) is 5.44. The van der Waals surface area contributed by atoms with Crippen molar-refractivity contribution in [2.24, 2.45) is 5.92 Å². The normalized spacial score (nSPS) is 14.0. The number of ether oxygens (including phenoxy) is 1. The van der Waals surface area contributed by atoms with Gasteiger partial charge in [-0.25, -0.2) is 9.97 Å². The summed E-state index contributed by atoms with van der Waals surface area (Å²) in [5.74, 6) is 7.63. The zero-order valence-corrected chi connectivity index (χ0v) is 16.6. The van der Waals surface area contributed by atoms with Crippen molar-refractivity contribution >= 4 is 0 Å². The fourth-order valence-electron chi connectivity index (χ4n) is 3.23. The van der Waals surface area contributed by atoms with Crippen LogP contribution in [0.4, 0.5) is 0 Å². The lowest BCUT2D eigenvalue weighted by Crippen LogP contribution is -2.25. The molecule has 2 heterocycles. The summed E-state index contributed by atoms with van der Waals surface area (Å²) in [6, 6.07) is 13.3. The fourth-order valence-corrected chi connectivity index (χ4v) is 3.23. The highest BCUT2D eigenvalue weighted by molar-refractivity contribution is 5.38. The lowest BCUT2D eigenvalue weighted by atomic mass is 10.1. The van der Waals surface area contributed by atoms with Gasteiger partial charge in [-0.2, -0.15) is 0 Å². The molecule has 0 amide bonds. The van der Waals surface area contributed by atoms with Gasteiger partial charge in [0.2, 0.25) is 0 Å². The van der Waals surface area contributed by atoms with E-state index in [2.05, 4.69) is 21.8 Å². The predicted octanol–water partition coefficient (Wildman–Crippen LogP) is 3.90. The Hall–Kier alpha value is -3.39. The van der Waals surface area contributed by atoms with E-state index in [1.54, 1.807) is 16.8 Å². The molecular weight excluding hydrogens is 362 g/mol. The van der Waals surface area contributed by atoms with Crippen LogP contribution in [0, 0.1) is 24.7 Å². The van der Waals surface area contributed by atoms with E-state index in [4.69, 9.17) is 4.74 Å². The minimum Gasteiger partial charge on any atom is -0.487 e. The van der Waals surface area contributed by atoms with Gasteiger partial charge in [0.25, 0.3) is 5.56 Å². The topological polar surface area (TPSA) is 57.0 Å². The maximum absolute atomic E-state index is 12.8. The maximum atomic E-state index is 12.8. The first-order valence-electron chi connectivity index (χ1n) is 9.82. The molecule has 1 fully saturated rings. The Morgan fingerprint density at radius 1 is 1.21 bits per heavy atom. The monoisotopic (exact) mass is 385 g/mol. The van der Waals surface area contributed by atoms with Crippen LogP contribution in [-0.4, -0.2) is 14.5 Å². The molecule has 0 saturated heterocycles. The number of nitrogens with zero attached hydrogens (tertiary/aromatic N) is 3. The molecule has 5 heteroatoms. The first-order chi connectivity index (χ1) is 14.1. The summed E-state index contributed by atoms with van der Waals surface area (Å²) in [6.07, 6.45) is 5.60. The van der Waals surface area contributed by atoms with Gasteiger partial charge in [-0.05, 0) is 56.5 Å². The summed E-state index contributed by atoms with van der Waals surface area (Å²) < 4.78 is 7.52. The van der Waals surface area contributed by atoms with E-state index in [1.165, 1.54) is 25.2 Å². The quantitative estimate of drug-likeness (QED) is 0.625. The summed E-state index contributed by atoms with van der Waals surface area (Å²) in [6.45, 7) is 4.25. The highest BCUT2D eigenvalue weighted by atomic mass is 16.5. The third-order valence-electron chi connectivity index (χ3n) is 5.04. The Morgan fingerprint density at radius 2 is 2.00 bits per heavy atom. The SMILES string of the molecule is Cc1cc(OCc2ccncn2)cc(=O)n1[C@H](C)c1ccc(C#CC2CC2)cc1. The summed E-state index contributed by atoms with van der Waals surface area (Å²) >= 11 is 0. The van der Waals surface area contributed by atoms with E-state index in [0.717, 1.165) is 22.5 Å². The Bertz CT molecular complexity index is 1100. The number of hydrogen-bond donors (Lipinski definition) is 0. The van der Waals surface area contributed by atoms with E-state index in [9.17, 15) is 4.79 Å². The number of aromatic nitrogens is 3. The van der Waals surface area contributed by atoms with Crippen molar-refractivity contribution in [3.05, 3.63) is 87.9 Å². The highest BCUT2D eigenvalue weighted by Gasteiger charge is 2.18. The van der Waals surface area contributed by atoms with E-state index in [0.29, 0.717) is 18.3 Å². The summed E-state index contributed by atoms with van der Waals surface area (Å²) in [5.41, 5.74) is 3.61. The first-order valence-corrected chi connectivity index (χ1v) is 9.82. The van der Waals surface area contributed by atoms with Gasteiger partial charge in [0.1, 0.15) is 18.7 Å². The molecule has 1 aliphatic rings. The van der Waals surface area contributed by atoms with Crippen LogP contribution < -0.4 is 10.3 Å². The van der Waals surface area contributed by atoms with E-state index >= 15 is 0 Å². The second-order valence-corrected chi connectivity index (χ2v) is 7.37. The Labute approximate surface area is 170 Å². The Morgan fingerprint density at radius 3 is 2.66 bits per heavy atom. The molecule has 146 valence electrons. The van der Waals surface area contributed by atoms with Gasteiger partial charge in [-0.3, -0.25) is 4.79 Å². The Balaban J connectivity index is 1.50. The molecule has 2 aromatic heterocycles. The smallest absolute Gasteiger partial charge is 0.254 e. The molecule has 3 aromatic rings. The molecule has 0 unspecified atom stereocenters. The summed E-state index contributed by atoms with van der Waals surface area (Å²) in [4.78, 5) is 20.8. The van der Waals surface area contributed by atoms with Crippen LogP contribution in [0.15, 0.2) is 59.8 Å². The van der Waals surface area contributed by atoms with Crippen LogP contribution in [0.5, 0.6) is 5.75 Å². The molecule has 1 atom stereocenters. The molecule has 0 bridgehead atoms. The van der Waals surface area contributed by atoms with Crippen LogP contribution in [0.25, 0.3) is 0 Å². The molecule has 5 nitrogen and oxygen atoms in total.